The van der Waals surface area contributed by atoms with Crippen molar-refractivity contribution in [1.82, 2.24) is 0 Å². The highest BCUT2D eigenvalue weighted by Crippen LogP contribution is 2.20. The number of aryl methyl sites for hydroxylation is 2. The standard InChI is InChI=1S/C15H25NS/c1-11(2)7-8-17-10-15(16)14-6-5-12(3)13(4)9-14/h5-6,9,11,15H,7-8,10,16H2,1-4H3. The summed E-state index contributed by atoms with van der Waals surface area (Å²) in [6.07, 6.45) is 1.28. The summed E-state index contributed by atoms with van der Waals surface area (Å²) in [7, 11) is 0. The highest BCUT2D eigenvalue weighted by atomic mass is 32.2. The van der Waals surface area contributed by atoms with Crippen LogP contribution in [0.2, 0.25) is 0 Å². The van der Waals surface area contributed by atoms with Gasteiger partial charge in [-0.3, -0.25) is 0 Å². The van der Waals surface area contributed by atoms with Crippen LogP contribution in [0.25, 0.3) is 0 Å². The molecular weight excluding hydrogens is 226 g/mol. The van der Waals surface area contributed by atoms with Crippen molar-refractivity contribution in [1.29, 1.82) is 0 Å². The van der Waals surface area contributed by atoms with Gasteiger partial charge in [-0.05, 0) is 48.6 Å². The van der Waals surface area contributed by atoms with Gasteiger partial charge in [-0.1, -0.05) is 32.0 Å². The van der Waals surface area contributed by atoms with Gasteiger partial charge >= 0.3 is 0 Å². The van der Waals surface area contributed by atoms with E-state index in [9.17, 15) is 0 Å². The highest BCUT2D eigenvalue weighted by molar-refractivity contribution is 7.99. The van der Waals surface area contributed by atoms with Crippen LogP contribution in [-0.2, 0) is 0 Å². The third kappa shape index (κ3) is 5.13. The molecule has 0 saturated carbocycles. The second kappa shape index (κ2) is 7.07. The molecule has 1 aromatic rings. The quantitative estimate of drug-likeness (QED) is 0.771. The van der Waals surface area contributed by atoms with Crippen molar-refractivity contribution in [2.24, 2.45) is 11.7 Å². The van der Waals surface area contributed by atoms with Gasteiger partial charge in [-0.15, -0.1) is 0 Å². The molecule has 1 nitrogen and oxygen atoms in total. The van der Waals surface area contributed by atoms with E-state index in [4.69, 9.17) is 5.73 Å². The molecule has 96 valence electrons. The van der Waals surface area contributed by atoms with Crippen molar-refractivity contribution in [3.8, 4) is 0 Å². The summed E-state index contributed by atoms with van der Waals surface area (Å²) in [6, 6.07) is 6.73. The average molecular weight is 251 g/mol. The average Bonchev–Trinajstić information content (AvgIpc) is 2.27. The minimum atomic E-state index is 0.173. The second-order valence-corrected chi connectivity index (χ2v) is 6.36. The van der Waals surface area contributed by atoms with Crippen molar-refractivity contribution in [2.75, 3.05) is 11.5 Å². The number of nitrogens with two attached hydrogens (primary N) is 1. The molecule has 0 radical (unpaired) electrons. The Morgan fingerprint density at radius 1 is 1.18 bits per heavy atom. The number of thioether (sulfide) groups is 1. The van der Waals surface area contributed by atoms with Crippen LogP contribution >= 0.6 is 11.8 Å². The SMILES string of the molecule is Cc1ccc(C(N)CSCCC(C)C)cc1C. The van der Waals surface area contributed by atoms with Crippen LogP contribution in [0.3, 0.4) is 0 Å². The lowest BCUT2D eigenvalue weighted by Gasteiger charge is -2.14. The van der Waals surface area contributed by atoms with Crippen LogP contribution in [0, 0.1) is 19.8 Å². The van der Waals surface area contributed by atoms with Crippen LogP contribution < -0.4 is 5.73 Å². The summed E-state index contributed by atoms with van der Waals surface area (Å²) in [5, 5.41) is 0. The third-order valence-corrected chi connectivity index (χ3v) is 4.22. The molecule has 1 atom stereocenters. The lowest BCUT2D eigenvalue weighted by atomic mass is 10.0. The minimum Gasteiger partial charge on any atom is -0.323 e. The van der Waals surface area contributed by atoms with Crippen molar-refractivity contribution >= 4 is 11.8 Å². The predicted octanol–water partition coefficient (Wildman–Crippen LogP) is 4.08. The Labute approximate surface area is 110 Å². The largest absolute Gasteiger partial charge is 0.323 e. The summed E-state index contributed by atoms with van der Waals surface area (Å²) >= 11 is 1.97. The zero-order valence-electron chi connectivity index (χ0n) is 11.5. The van der Waals surface area contributed by atoms with Gasteiger partial charge in [-0.25, -0.2) is 0 Å². The maximum Gasteiger partial charge on any atom is 0.0386 e. The Hall–Kier alpha value is -0.470. The molecule has 0 aromatic heterocycles. The fourth-order valence-electron chi connectivity index (χ4n) is 1.62. The lowest BCUT2D eigenvalue weighted by molar-refractivity contribution is 0.631. The Kier molecular flexibility index (Phi) is 6.07. The summed E-state index contributed by atoms with van der Waals surface area (Å²) in [4.78, 5) is 0. The Morgan fingerprint density at radius 2 is 1.88 bits per heavy atom. The molecule has 1 unspecified atom stereocenters. The van der Waals surface area contributed by atoms with E-state index in [0.29, 0.717) is 0 Å². The first-order valence-corrected chi connectivity index (χ1v) is 7.56. The maximum absolute atomic E-state index is 6.21. The molecule has 0 amide bonds. The zero-order valence-corrected chi connectivity index (χ0v) is 12.3. The number of benzene rings is 1. The van der Waals surface area contributed by atoms with Gasteiger partial charge in [0.1, 0.15) is 0 Å². The lowest BCUT2D eigenvalue weighted by Crippen LogP contribution is -2.13. The third-order valence-electron chi connectivity index (χ3n) is 3.10. The van der Waals surface area contributed by atoms with Gasteiger partial charge in [0.05, 0.1) is 0 Å². The molecule has 0 fully saturated rings. The maximum atomic E-state index is 6.21. The fourth-order valence-corrected chi connectivity index (χ4v) is 2.87. The van der Waals surface area contributed by atoms with E-state index in [1.165, 1.54) is 28.9 Å². The Balaban J connectivity index is 2.41. The first-order valence-electron chi connectivity index (χ1n) is 6.41. The van der Waals surface area contributed by atoms with Gasteiger partial charge in [0.2, 0.25) is 0 Å². The van der Waals surface area contributed by atoms with E-state index >= 15 is 0 Å². The van der Waals surface area contributed by atoms with E-state index in [0.717, 1.165) is 11.7 Å². The van der Waals surface area contributed by atoms with Crippen molar-refractivity contribution in [3.05, 3.63) is 34.9 Å². The zero-order chi connectivity index (χ0) is 12.8. The van der Waals surface area contributed by atoms with Gasteiger partial charge in [0.15, 0.2) is 0 Å². The van der Waals surface area contributed by atoms with E-state index in [1.807, 2.05) is 11.8 Å². The van der Waals surface area contributed by atoms with E-state index in [2.05, 4.69) is 45.9 Å². The van der Waals surface area contributed by atoms with Crippen LogP contribution in [-0.4, -0.2) is 11.5 Å². The van der Waals surface area contributed by atoms with Crippen LogP contribution in [0.15, 0.2) is 18.2 Å². The molecule has 0 aliphatic carbocycles. The van der Waals surface area contributed by atoms with Crippen LogP contribution in [0.4, 0.5) is 0 Å². The monoisotopic (exact) mass is 251 g/mol. The molecule has 0 saturated heterocycles. The molecule has 1 rings (SSSR count). The van der Waals surface area contributed by atoms with Gasteiger partial charge < -0.3 is 5.73 Å². The van der Waals surface area contributed by atoms with Crippen molar-refractivity contribution in [2.45, 2.75) is 40.2 Å². The Morgan fingerprint density at radius 3 is 2.47 bits per heavy atom. The topological polar surface area (TPSA) is 26.0 Å². The number of hydrogen-bond donors (Lipinski definition) is 1. The second-order valence-electron chi connectivity index (χ2n) is 5.21. The molecular formula is C15H25NS. The molecule has 2 N–H and O–H groups in total. The molecule has 0 bridgehead atoms. The smallest absolute Gasteiger partial charge is 0.0386 e. The fraction of sp³-hybridized carbons (Fsp3) is 0.600. The number of rotatable bonds is 6. The van der Waals surface area contributed by atoms with Crippen molar-refractivity contribution < 1.29 is 0 Å². The van der Waals surface area contributed by atoms with Crippen LogP contribution in [0.1, 0.15) is 43.0 Å². The van der Waals surface area contributed by atoms with E-state index in [1.54, 1.807) is 0 Å². The molecule has 2 heteroatoms. The molecule has 1 aromatic carbocycles. The van der Waals surface area contributed by atoms with E-state index < -0.39 is 0 Å². The van der Waals surface area contributed by atoms with Gasteiger partial charge in [0.25, 0.3) is 0 Å². The molecule has 17 heavy (non-hydrogen) atoms. The first kappa shape index (κ1) is 14.6. The summed E-state index contributed by atoms with van der Waals surface area (Å²) in [5.41, 5.74) is 10.2. The molecule has 0 aliphatic rings. The van der Waals surface area contributed by atoms with Crippen molar-refractivity contribution in [3.63, 3.8) is 0 Å². The predicted molar refractivity (Wildman–Crippen MR) is 79.6 cm³/mol. The Bertz CT molecular complexity index is 347. The van der Waals surface area contributed by atoms with Crippen LogP contribution in [0.5, 0.6) is 0 Å². The summed E-state index contributed by atoms with van der Waals surface area (Å²) < 4.78 is 0. The molecule has 0 spiro atoms. The first-order chi connectivity index (χ1) is 8.00. The van der Waals surface area contributed by atoms with E-state index in [-0.39, 0.29) is 6.04 Å². The van der Waals surface area contributed by atoms with Gasteiger partial charge in [0, 0.05) is 11.8 Å². The summed E-state index contributed by atoms with van der Waals surface area (Å²) in [5.74, 6) is 3.03. The molecule has 0 heterocycles. The number of hydrogen-bond acceptors (Lipinski definition) is 2. The minimum absolute atomic E-state index is 0.173. The normalized spacial score (nSPS) is 13.1. The summed E-state index contributed by atoms with van der Waals surface area (Å²) in [6.45, 7) is 8.83. The molecule has 0 aliphatic heterocycles. The van der Waals surface area contributed by atoms with Gasteiger partial charge in [-0.2, -0.15) is 11.8 Å². The highest BCUT2D eigenvalue weighted by Gasteiger charge is 2.07.